The quantitative estimate of drug-likeness (QED) is 0.636. The zero-order valence-corrected chi connectivity index (χ0v) is 14.4. The van der Waals surface area contributed by atoms with Crippen molar-refractivity contribution in [3.05, 3.63) is 54.6 Å². The maximum Gasteiger partial charge on any atom is 0.222 e. The molecule has 128 valence electrons. The van der Waals surface area contributed by atoms with Crippen LogP contribution >= 0.6 is 0 Å². The van der Waals surface area contributed by atoms with Crippen LogP contribution in [0.15, 0.2) is 54.6 Å². The van der Waals surface area contributed by atoms with E-state index in [-0.39, 0.29) is 5.91 Å². The molecule has 0 fully saturated rings. The van der Waals surface area contributed by atoms with Crippen LogP contribution in [0.3, 0.4) is 0 Å². The van der Waals surface area contributed by atoms with Gasteiger partial charge in [0.15, 0.2) is 0 Å². The Balaban J connectivity index is 1.73. The van der Waals surface area contributed by atoms with Gasteiger partial charge in [-0.05, 0) is 56.7 Å². The number of benzene rings is 2. The number of carbonyl (C=O) groups is 1. The van der Waals surface area contributed by atoms with Crippen molar-refractivity contribution in [3.8, 4) is 17.2 Å². The van der Waals surface area contributed by atoms with E-state index in [0.29, 0.717) is 13.0 Å². The van der Waals surface area contributed by atoms with Crippen LogP contribution < -0.4 is 9.47 Å². The minimum atomic E-state index is 0.190. The molecule has 2 aromatic rings. The summed E-state index contributed by atoms with van der Waals surface area (Å²) in [5.41, 5.74) is 0. The number of ether oxygens (including phenoxy) is 2. The van der Waals surface area contributed by atoms with E-state index in [2.05, 4.69) is 0 Å². The van der Waals surface area contributed by atoms with Gasteiger partial charge < -0.3 is 14.4 Å². The highest BCUT2D eigenvalue weighted by atomic mass is 16.5. The molecule has 0 aliphatic carbocycles. The van der Waals surface area contributed by atoms with Gasteiger partial charge in [-0.2, -0.15) is 0 Å². The summed E-state index contributed by atoms with van der Waals surface area (Å²) in [4.78, 5) is 13.7. The molecule has 0 saturated carbocycles. The molecule has 0 spiro atoms. The zero-order valence-electron chi connectivity index (χ0n) is 14.4. The van der Waals surface area contributed by atoms with E-state index in [1.165, 1.54) is 0 Å². The maximum atomic E-state index is 11.9. The lowest BCUT2D eigenvalue weighted by Crippen LogP contribution is -2.30. The van der Waals surface area contributed by atoms with Gasteiger partial charge in [0.25, 0.3) is 0 Å². The summed E-state index contributed by atoms with van der Waals surface area (Å²) in [6.45, 7) is 6.05. The predicted octanol–water partition coefficient (Wildman–Crippen LogP) is 4.51. The van der Waals surface area contributed by atoms with Gasteiger partial charge in [-0.3, -0.25) is 4.79 Å². The van der Waals surface area contributed by atoms with Gasteiger partial charge in [-0.25, -0.2) is 0 Å². The molecule has 0 aromatic heterocycles. The van der Waals surface area contributed by atoms with E-state index in [9.17, 15) is 4.79 Å². The zero-order chi connectivity index (χ0) is 17.2. The largest absolute Gasteiger partial charge is 0.494 e. The number of para-hydroxylation sites is 1. The van der Waals surface area contributed by atoms with Crippen molar-refractivity contribution in [2.24, 2.45) is 0 Å². The van der Waals surface area contributed by atoms with Crippen molar-refractivity contribution >= 4 is 5.91 Å². The summed E-state index contributed by atoms with van der Waals surface area (Å²) in [6, 6.07) is 17.2. The standard InChI is InChI=1S/C20H25NO3/c1-3-21(4-2)20(22)11-8-16-23-17-12-14-19(15-13-17)24-18-9-6-5-7-10-18/h5-7,9-10,12-15H,3-4,8,11,16H2,1-2H3. The summed E-state index contributed by atoms with van der Waals surface area (Å²) in [5, 5.41) is 0. The molecule has 0 aliphatic heterocycles. The van der Waals surface area contributed by atoms with Crippen LogP contribution in [0, 0.1) is 0 Å². The van der Waals surface area contributed by atoms with Gasteiger partial charge in [0.05, 0.1) is 6.61 Å². The third kappa shape index (κ3) is 5.61. The Hall–Kier alpha value is -2.49. The molecule has 0 N–H and O–H groups in total. The Morgan fingerprint density at radius 1 is 0.875 bits per heavy atom. The van der Waals surface area contributed by atoms with Gasteiger partial charge >= 0.3 is 0 Å². The third-order valence-electron chi connectivity index (χ3n) is 3.72. The molecule has 0 aliphatic rings. The van der Waals surface area contributed by atoms with Crippen molar-refractivity contribution < 1.29 is 14.3 Å². The summed E-state index contributed by atoms with van der Waals surface area (Å²) >= 11 is 0. The molecule has 2 rings (SSSR count). The lowest BCUT2D eigenvalue weighted by molar-refractivity contribution is -0.131. The van der Waals surface area contributed by atoms with Gasteiger partial charge in [-0.15, -0.1) is 0 Å². The highest BCUT2D eigenvalue weighted by Crippen LogP contribution is 2.23. The van der Waals surface area contributed by atoms with Crippen LogP contribution in [0.4, 0.5) is 0 Å². The van der Waals surface area contributed by atoms with Crippen molar-refractivity contribution in [2.75, 3.05) is 19.7 Å². The molecule has 4 nitrogen and oxygen atoms in total. The molecule has 4 heteroatoms. The van der Waals surface area contributed by atoms with Gasteiger partial charge in [0.2, 0.25) is 5.91 Å². The number of rotatable bonds is 9. The Bertz CT molecular complexity index is 607. The predicted molar refractivity (Wildman–Crippen MR) is 95.6 cm³/mol. The monoisotopic (exact) mass is 327 g/mol. The molecule has 24 heavy (non-hydrogen) atoms. The Labute approximate surface area is 144 Å². The van der Waals surface area contributed by atoms with E-state index in [0.717, 1.165) is 36.8 Å². The fraction of sp³-hybridized carbons (Fsp3) is 0.350. The molecule has 0 bridgehead atoms. The minimum Gasteiger partial charge on any atom is -0.494 e. The first-order valence-electron chi connectivity index (χ1n) is 8.46. The second kappa shape index (κ2) is 9.60. The van der Waals surface area contributed by atoms with E-state index in [1.807, 2.05) is 73.3 Å². The van der Waals surface area contributed by atoms with E-state index < -0.39 is 0 Å². The summed E-state index contributed by atoms with van der Waals surface area (Å²) in [5.74, 6) is 2.55. The first-order chi connectivity index (χ1) is 11.7. The van der Waals surface area contributed by atoms with Crippen LogP contribution in [0.5, 0.6) is 17.2 Å². The van der Waals surface area contributed by atoms with Crippen LogP contribution in [0.1, 0.15) is 26.7 Å². The van der Waals surface area contributed by atoms with Crippen molar-refractivity contribution in [2.45, 2.75) is 26.7 Å². The molecule has 0 radical (unpaired) electrons. The fourth-order valence-corrected chi connectivity index (χ4v) is 2.38. The lowest BCUT2D eigenvalue weighted by Gasteiger charge is -2.18. The highest BCUT2D eigenvalue weighted by Gasteiger charge is 2.08. The van der Waals surface area contributed by atoms with E-state index in [4.69, 9.17) is 9.47 Å². The van der Waals surface area contributed by atoms with E-state index in [1.54, 1.807) is 0 Å². The fourth-order valence-electron chi connectivity index (χ4n) is 2.38. The lowest BCUT2D eigenvalue weighted by atomic mass is 10.3. The second-order valence-electron chi connectivity index (χ2n) is 5.40. The number of hydrogen-bond donors (Lipinski definition) is 0. The molecule has 0 saturated heterocycles. The Morgan fingerprint density at radius 2 is 1.46 bits per heavy atom. The highest BCUT2D eigenvalue weighted by molar-refractivity contribution is 5.76. The third-order valence-corrected chi connectivity index (χ3v) is 3.72. The number of amides is 1. The molecule has 1 amide bonds. The van der Waals surface area contributed by atoms with Crippen LogP contribution in [-0.2, 0) is 4.79 Å². The molecule has 2 aromatic carbocycles. The topological polar surface area (TPSA) is 38.8 Å². The van der Waals surface area contributed by atoms with Crippen LogP contribution in [-0.4, -0.2) is 30.5 Å². The second-order valence-corrected chi connectivity index (χ2v) is 5.40. The summed E-state index contributed by atoms with van der Waals surface area (Å²) in [7, 11) is 0. The van der Waals surface area contributed by atoms with Crippen molar-refractivity contribution in [1.29, 1.82) is 0 Å². The average molecular weight is 327 g/mol. The number of hydrogen-bond acceptors (Lipinski definition) is 3. The number of nitrogens with zero attached hydrogens (tertiary/aromatic N) is 1. The Morgan fingerprint density at radius 3 is 2.08 bits per heavy atom. The molecule has 0 unspecified atom stereocenters. The summed E-state index contributed by atoms with van der Waals surface area (Å²) in [6.07, 6.45) is 1.24. The number of carbonyl (C=O) groups excluding carboxylic acids is 1. The van der Waals surface area contributed by atoms with Crippen LogP contribution in [0.2, 0.25) is 0 Å². The van der Waals surface area contributed by atoms with E-state index >= 15 is 0 Å². The van der Waals surface area contributed by atoms with Crippen molar-refractivity contribution in [3.63, 3.8) is 0 Å². The van der Waals surface area contributed by atoms with Gasteiger partial charge in [0.1, 0.15) is 17.2 Å². The van der Waals surface area contributed by atoms with Gasteiger partial charge in [0, 0.05) is 19.5 Å². The molecular formula is C20H25NO3. The van der Waals surface area contributed by atoms with Gasteiger partial charge in [-0.1, -0.05) is 18.2 Å². The van der Waals surface area contributed by atoms with Crippen molar-refractivity contribution in [1.82, 2.24) is 4.90 Å². The van der Waals surface area contributed by atoms with Crippen LogP contribution in [0.25, 0.3) is 0 Å². The maximum absolute atomic E-state index is 11.9. The SMILES string of the molecule is CCN(CC)C(=O)CCCOc1ccc(Oc2ccccc2)cc1. The molecular weight excluding hydrogens is 302 g/mol. The minimum absolute atomic E-state index is 0.190. The molecule has 0 atom stereocenters. The average Bonchev–Trinajstić information content (AvgIpc) is 2.62. The summed E-state index contributed by atoms with van der Waals surface area (Å²) < 4.78 is 11.4. The normalized spacial score (nSPS) is 10.2. The first kappa shape index (κ1) is 17.9. The molecule has 0 heterocycles. The smallest absolute Gasteiger partial charge is 0.222 e. The Kier molecular flexibility index (Phi) is 7.15. The first-order valence-corrected chi connectivity index (χ1v) is 8.46.